The van der Waals surface area contributed by atoms with E-state index in [0.29, 0.717) is 29.0 Å². The highest BCUT2D eigenvalue weighted by Gasteiger charge is 2.23. The number of nitrogens with zero attached hydrogens (tertiary/aromatic N) is 3. The summed E-state index contributed by atoms with van der Waals surface area (Å²) in [5.41, 5.74) is 0.660. The van der Waals surface area contributed by atoms with Crippen molar-refractivity contribution in [2.75, 3.05) is 43.3 Å². The zero-order valence-corrected chi connectivity index (χ0v) is 18.2. The lowest BCUT2D eigenvalue weighted by molar-refractivity contribution is -0.113. The largest absolute Gasteiger partial charge is 0.493 e. The molecule has 2 heterocycles. The van der Waals surface area contributed by atoms with Gasteiger partial charge < -0.3 is 19.7 Å². The molecule has 1 fully saturated rings. The number of benzene rings is 1. The van der Waals surface area contributed by atoms with Gasteiger partial charge in [0.1, 0.15) is 17.2 Å². The van der Waals surface area contributed by atoms with Crippen LogP contribution in [0, 0.1) is 11.8 Å². The Morgan fingerprint density at radius 3 is 2.55 bits per heavy atom. The molecule has 1 N–H and O–H groups in total. The number of anilines is 2. The Morgan fingerprint density at radius 1 is 1.14 bits per heavy atom. The van der Waals surface area contributed by atoms with Gasteiger partial charge in [0.2, 0.25) is 5.91 Å². The summed E-state index contributed by atoms with van der Waals surface area (Å²) in [4.78, 5) is 23.4. The zero-order valence-electron chi connectivity index (χ0n) is 17.3. The average Bonchev–Trinajstić information content (AvgIpc) is 2.71. The number of thioether (sulfide) groups is 1. The number of amides is 1. The van der Waals surface area contributed by atoms with Crippen molar-refractivity contribution in [3.8, 4) is 11.5 Å². The maximum Gasteiger partial charge on any atom is 0.234 e. The monoisotopic (exact) mass is 416 g/mol. The van der Waals surface area contributed by atoms with E-state index in [1.807, 2.05) is 6.07 Å². The van der Waals surface area contributed by atoms with Gasteiger partial charge >= 0.3 is 0 Å². The third-order valence-corrected chi connectivity index (χ3v) is 5.76. The Bertz CT molecular complexity index is 838. The van der Waals surface area contributed by atoms with Crippen molar-refractivity contribution in [1.82, 2.24) is 9.97 Å². The van der Waals surface area contributed by atoms with E-state index in [0.717, 1.165) is 23.9 Å². The van der Waals surface area contributed by atoms with Gasteiger partial charge in [0.25, 0.3) is 0 Å². The van der Waals surface area contributed by atoms with Crippen molar-refractivity contribution in [1.29, 1.82) is 0 Å². The van der Waals surface area contributed by atoms with Gasteiger partial charge in [-0.05, 0) is 30.4 Å². The van der Waals surface area contributed by atoms with E-state index in [2.05, 4.69) is 34.0 Å². The van der Waals surface area contributed by atoms with E-state index in [1.54, 1.807) is 38.7 Å². The van der Waals surface area contributed by atoms with Gasteiger partial charge in [-0.15, -0.1) is 0 Å². The number of hydrogen-bond acceptors (Lipinski definition) is 7. The number of hydrogen-bond donors (Lipinski definition) is 1. The standard InChI is InChI=1S/C21H28N4O3S/c1-14-7-15(2)11-25(10-14)19-9-21(23-13-22-19)29-12-20(26)24-16-5-6-17(27-3)18(8-16)28-4/h5-6,8-9,13-15H,7,10-12H2,1-4H3,(H,24,26)/t14-,15-/m1/s1. The molecular formula is C21H28N4O3S. The number of aromatic nitrogens is 2. The fraction of sp³-hybridized carbons (Fsp3) is 0.476. The number of carbonyl (C=O) groups is 1. The summed E-state index contributed by atoms with van der Waals surface area (Å²) >= 11 is 1.40. The highest BCUT2D eigenvalue weighted by Crippen LogP contribution is 2.30. The van der Waals surface area contributed by atoms with Crippen LogP contribution in [0.2, 0.25) is 0 Å². The van der Waals surface area contributed by atoms with Gasteiger partial charge in [0, 0.05) is 30.9 Å². The molecule has 156 valence electrons. The lowest BCUT2D eigenvalue weighted by Gasteiger charge is -2.35. The van der Waals surface area contributed by atoms with Crippen molar-refractivity contribution in [2.45, 2.75) is 25.3 Å². The minimum Gasteiger partial charge on any atom is -0.493 e. The van der Waals surface area contributed by atoms with Gasteiger partial charge in [-0.1, -0.05) is 25.6 Å². The Morgan fingerprint density at radius 2 is 1.86 bits per heavy atom. The number of nitrogens with one attached hydrogen (secondary N) is 1. The fourth-order valence-corrected chi connectivity index (χ4v) is 4.34. The van der Waals surface area contributed by atoms with Gasteiger partial charge in [-0.3, -0.25) is 4.79 Å². The highest BCUT2D eigenvalue weighted by atomic mass is 32.2. The second kappa shape index (κ2) is 9.82. The van der Waals surface area contributed by atoms with Gasteiger partial charge in [0.05, 0.1) is 20.0 Å². The van der Waals surface area contributed by atoms with Crippen LogP contribution in [0.4, 0.5) is 11.5 Å². The predicted octanol–water partition coefficient (Wildman–Crippen LogP) is 3.71. The topological polar surface area (TPSA) is 76.6 Å². The minimum absolute atomic E-state index is 0.109. The first-order valence-electron chi connectivity index (χ1n) is 9.70. The van der Waals surface area contributed by atoms with Crippen molar-refractivity contribution in [2.24, 2.45) is 11.8 Å². The van der Waals surface area contributed by atoms with Crippen LogP contribution >= 0.6 is 11.8 Å². The number of piperidine rings is 1. The first-order valence-corrected chi connectivity index (χ1v) is 10.7. The maximum absolute atomic E-state index is 12.4. The predicted molar refractivity (Wildman–Crippen MR) is 116 cm³/mol. The van der Waals surface area contributed by atoms with Crippen LogP contribution in [-0.2, 0) is 4.79 Å². The molecule has 1 aliphatic heterocycles. The van der Waals surface area contributed by atoms with Crippen molar-refractivity contribution < 1.29 is 14.3 Å². The van der Waals surface area contributed by atoms with Crippen molar-refractivity contribution in [3.63, 3.8) is 0 Å². The molecule has 1 aliphatic rings. The summed E-state index contributed by atoms with van der Waals surface area (Å²) in [7, 11) is 3.14. The molecule has 1 aromatic carbocycles. The fourth-order valence-electron chi connectivity index (χ4n) is 3.68. The Hall–Kier alpha value is -2.48. The molecule has 8 heteroatoms. The van der Waals surface area contributed by atoms with E-state index >= 15 is 0 Å². The average molecular weight is 417 g/mol. The molecule has 0 spiro atoms. The molecule has 0 unspecified atom stereocenters. The van der Waals surface area contributed by atoms with Crippen LogP contribution in [0.1, 0.15) is 20.3 Å². The first kappa shape index (κ1) is 21.2. The quantitative estimate of drug-likeness (QED) is 0.545. The Labute approximate surface area is 176 Å². The molecule has 29 heavy (non-hydrogen) atoms. The summed E-state index contributed by atoms with van der Waals surface area (Å²) in [6.45, 7) is 6.56. The van der Waals surface area contributed by atoms with Gasteiger partial charge in [-0.25, -0.2) is 9.97 Å². The Kier molecular flexibility index (Phi) is 7.19. The van der Waals surface area contributed by atoms with E-state index in [4.69, 9.17) is 9.47 Å². The van der Waals surface area contributed by atoms with Crippen molar-refractivity contribution >= 4 is 29.2 Å². The maximum atomic E-state index is 12.4. The molecule has 0 saturated carbocycles. The SMILES string of the molecule is COc1ccc(NC(=O)CSc2cc(N3C[C@H](C)C[C@@H](C)C3)ncn2)cc1OC. The molecule has 2 aromatic rings. The molecular weight excluding hydrogens is 388 g/mol. The summed E-state index contributed by atoms with van der Waals surface area (Å²) in [6.07, 6.45) is 2.83. The van der Waals surface area contributed by atoms with Crippen molar-refractivity contribution in [3.05, 3.63) is 30.6 Å². The van der Waals surface area contributed by atoms with E-state index in [-0.39, 0.29) is 11.7 Å². The highest BCUT2D eigenvalue weighted by molar-refractivity contribution is 7.99. The second-order valence-electron chi connectivity index (χ2n) is 7.47. The molecule has 1 amide bonds. The van der Waals surface area contributed by atoms with Crippen LogP contribution in [0.3, 0.4) is 0 Å². The first-order chi connectivity index (χ1) is 14.0. The number of rotatable bonds is 7. The molecule has 0 radical (unpaired) electrons. The summed E-state index contributed by atoms with van der Waals surface area (Å²) < 4.78 is 10.5. The summed E-state index contributed by atoms with van der Waals surface area (Å²) in [6, 6.07) is 7.26. The Balaban J connectivity index is 1.58. The zero-order chi connectivity index (χ0) is 20.8. The normalized spacial score (nSPS) is 19.0. The van der Waals surface area contributed by atoms with Crippen LogP contribution in [0.15, 0.2) is 35.6 Å². The third-order valence-electron chi connectivity index (χ3n) is 4.84. The van der Waals surface area contributed by atoms with Crippen LogP contribution in [-0.4, -0.2) is 48.9 Å². The summed E-state index contributed by atoms with van der Waals surface area (Å²) in [5.74, 6) is 3.58. The lowest BCUT2D eigenvalue weighted by atomic mass is 9.92. The molecule has 1 aromatic heterocycles. The van der Waals surface area contributed by atoms with Crippen LogP contribution < -0.4 is 19.7 Å². The van der Waals surface area contributed by atoms with Gasteiger partial charge in [0.15, 0.2) is 11.5 Å². The van der Waals surface area contributed by atoms with E-state index in [9.17, 15) is 4.79 Å². The summed E-state index contributed by atoms with van der Waals surface area (Å²) in [5, 5.41) is 3.67. The number of methoxy groups -OCH3 is 2. The van der Waals surface area contributed by atoms with E-state index < -0.39 is 0 Å². The molecule has 3 rings (SSSR count). The van der Waals surface area contributed by atoms with E-state index in [1.165, 1.54) is 18.2 Å². The third kappa shape index (κ3) is 5.76. The minimum atomic E-state index is -0.109. The molecule has 0 aliphatic carbocycles. The molecule has 7 nitrogen and oxygen atoms in total. The van der Waals surface area contributed by atoms with Crippen LogP contribution in [0.5, 0.6) is 11.5 Å². The van der Waals surface area contributed by atoms with Crippen LogP contribution in [0.25, 0.3) is 0 Å². The number of ether oxygens (including phenoxy) is 2. The van der Waals surface area contributed by atoms with Gasteiger partial charge in [-0.2, -0.15) is 0 Å². The molecule has 1 saturated heterocycles. The molecule has 2 atom stereocenters. The lowest BCUT2D eigenvalue weighted by Crippen LogP contribution is -2.39. The second-order valence-corrected chi connectivity index (χ2v) is 8.47. The number of carbonyl (C=O) groups excluding carboxylic acids is 1. The molecule has 0 bridgehead atoms. The smallest absolute Gasteiger partial charge is 0.234 e.